The molecular formula is C29H40BCoF4N2O2-. The molecule has 0 amide bonds. The number of rotatable bonds is 4. The number of benzene rings is 1. The summed E-state index contributed by atoms with van der Waals surface area (Å²) >= 11 is 0. The molecule has 2 aliphatic carbocycles. The Hall–Kier alpha value is -2.33. The largest absolute Gasteiger partial charge is 0.673 e. The van der Waals surface area contributed by atoms with E-state index in [0.29, 0.717) is 17.9 Å². The van der Waals surface area contributed by atoms with Gasteiger partial charge in [-0.3, -0.25) is 9.98 Å². The zero-order valence-corrected chi connectivity index (χ0v) is 24.6. The predicted octanol–water partition coefficient (Wildman–Crippen LogP) is 8.53. The van der Waals surface area contributed by atoms with Crippen LogP contribution in [0.3, 0.4) is 0 Å². The topological polar surface area (TPSA) is 65.2 Å². The quantitative estimate of drug-likeness (QED) is 0.209. The molecule has 0 spiro atoms. The van der Waals surface area contributed by atoms with E-state index in [1.807, 2.05) is 36.7 Å². The van der Waals surface area contributed by atoms with Crippen molar-refractivity contribution >= 4 is 19.7 Å². The van der Waals surface area contributed by atoms with Gasteiger partial charge in [0.15, 0.2) is 0 Å². The van der Waals surface area contributed by atoms with Crippen molar-refractivity contribution in [2.75, 3.05) is 0 Å². The van der Waals surface area contributed by atoms with Crippen molar-refractivity contribution in [3.05, 3.63) is 64.5 Å². The molecule has 1 fully saturated rings. The summed E-state index contributed by atoms with van der Waals surface area (Å²) in [6.07, 6.45) is 10.5. The van der Waals surface area contributed by atoms with E-state index in [2.05, 4.69) is 48.1 Å². The van der Waals surface area contributed by atoms with Crippen molar-refractivity contribution in [3.8, 4) is 5.75 Å². The van der Waals surface area contributed by atoms with Crippen molar-refractivity contribution in [1.82, 2.24) is 0 Å². The van der Waals surface area contributed by atoms with Gasteiger partial charge < -0.3 is 27.5 Å². The minimum Gasteiger partial charge on any atom is -0.507 e. The summed E-state index contributed by atoms with van der Waals surface area (Å²) in [7, 11) is -6.00. The molecular weight excluding hydrogens is 554 g/mol. The zero-order chi connectivity index (χ0) is 28.9. The smallest absolute Gasteiger partial charge is 0.507 e. The monoisotopic (exact) mass is 594 g/mol. The molecule has 0 bridgehead atoms. The SMILES string of the molecule is C=C1C=C(C(C)(C)C)C(O)=C(C=N[C@H]2CCCC[C@@H]2N=Cc2cccc(C(C)(C)C)c2O)C1.F[B-](F)(F)F.[Co]. The molecule has 1 aromatic carbocycles. The fourth-order valence-corrected chi connectivity index (χ4v) is 4.58. The summed E-state index contributed by atoms with van der Waals surface area (Å²) in [5, 5.41) is 21.6. The summed E-state index contributed by atoms with van der Waals surface area (Å²) in [5.74, 6) is 0.639. The van der Waals surface area contributed by atoms with Gasteiger partial charge in [-0.25, -0.2) is 0 Å². The van der Waals surface area contributed by atoms with Crippen molar-refractivity contribution in [1.29, 1.82) is 0 Å². The van der Waals surface area contributed by atoms with E-state index in [1.54, 1.807) is 0 Å². The Bertz CT molecular complexity index is 1120. The minimum atomic E-state index is -6.00. The van der Waals surface area contributed by atoms with Gasteiger partial charge in [0.2, 0.25) is 0 Å². The number of para-hydroxylation sites is 1. The van der Waals surface area contributed by atoms with Gasteiger partial charge in [0, 0.05) is 46.8 Å². The summed E-state index contributed by atoms with van der Waals surface area (Å²) in [5.41, 5.74) is 4.11. The normalized spacial score (nSPS) is 21.0. The number of hydrogen-bond donors (Lipinski definition) is 2. The Morgan fingerprint density at radius 2 is 1.41 bits per heavy atom. The molecule has 0 aromatic heterocycles. The standard InChI is InChI=1S/C29H40N2O2.BF4.Co/c1-19-15-21(27(33)23(16-19)29(5,6)7)18-31-25-14-9-8-13-24(25)30-17-20-11-10-12-22(26(20)32)28(2,3)4;2-1(3,4)5;/h10-12,16-18,24-25,32-33H,1,8-9,13-15H2,2-7H3;;/q;-1;/t24-,25-;;/m0../s1. The molecule has 2 aliphatic rings. The molecule has 3 rings (SSSR count). The van der Waals surface area contributed by atoms with Crippen LogP contribution in [0, 0.1) is 5.41 Å². The van der Waals surface area contributed by atoms with Gasteiger partial charge in [-0.05, 0) is 40.9 Å². The fraction of sp³-hybridized carbons (Fsp3) is 0.517. The Morgan fingerprint density at radius 3 is 1.90 bits per heavy atom. The molecule has 0 unspecified atom stereocenters. The Kier molecular flexibility index (Phi) is 12.3. The van der Waals surface area contributed by atoms with Crippen LogP contribution in [0.4, 0.5) is 17.3 Å². The molecule has 0 saturated heterocycles. The Morgan fingerprint density at radius 1 is 0.897 bits per heavy atom. The van der Waals surface area contributed by atoms with Crippen LogP contribution in [0.2, 0.25) is 0 Å². The molecule has 1 aromatic rings. The van der Waals surface area contributed by atoms with Gasteiger partial charge in [-0.1, -0.05) is 84.7 Å². The van der Waals surface area contributed by atoms with E-state index in [9.17, 15) is 27.5 Å². The molecule has 2 N–H and O–H groups in total. The molecule has 219 valence electrons. The number of hydrogen-bond acceptors (Lipinski definition) is 4. The number of phenols is 1. The van der Waals surface area contributed by atoms with E-state index >= 15 is 0 Å². The van der Waals surface area contributed by atoms with Gasteiger partial charge in [-0.15, -0.1) is 0 Å². The van der Waals surface area contributed by atoms with Crippen LogP contribution in [0.25, 0.3) is 0 Å². The number of aliphatic hydroxyl groups excluding tert-OH is 1. The van der Waals surface area contributed by atoms with Gasteiger partial charge in [0.25, 0.3) is 0 Å². The van der Waals surface area contributed by atoms with Crippen LogP contribution in [0.1, 0.15) is 84.8 Å². The van der Waals surface area contributed by atoms with Crippen molar-refractivity contribution < 1.29 is 44.3 Å². The number of aliphatic imine (C=N–C) groups is 2. The molecule has 39 heavy (non-hydrogen) atoms. The molecule has 0 aliphatic heterocycles. The van der Waals surface area contributed by atoms with E-state index < -0.39 is 7.25 Å². The van der Waals surface area contributed by atoms with Crippen molar-refractivity contribution in [2.24, 2.45) is 15.4 Å². The summed E-state index contributed by atoms with van der Waals surface area (Å²) in [4.78, 5) is 9.76. The third-order valence-electron chi connectivity index (χ3n) is 6.53. The maximum absolute atomic E-state index is 10.9. The molecule has 10 heteroatoms. The molecule has 1 radical (unpaired) electrons. The average molecular weight is 594 g/mol. The van der Waals surface area contributed by atoms with Gasteiger partial charge in [0.1, 0.15) is 11.5 Å². The fourth-order valence-electron chi connectivity index (χ4n) is 4.58. The Balaban J connectivity index is 0.00000116. The van der Waals surface area contributed by atoms with Crippen LogP contribution in [0.5, 0.6) is 5.75 Å². The number of nitrogens with zero attached hydrogens (tertiary/aromatic N) is 2. The van der Waals surface area contributed by atoms with E-state index in [1.165, 1.54) is 0 Å². The van der Waals surface area contributed by atoms with Crippen molar-refractivity contribution in [2.45, 2.75) is 91.1 Å². The second-order valence-corrected chi connectivity index (χ2v) is 12.0. The van der Waals surface area contributed by atoms with Gasteiger partial charge in [0.05, 0.1) is 12.1 Å². The minimum absolute atomic E-state index is 0. The second-order valence-electron chi connectivity index (χ2n) is 12.0. The van der Waals surface area contributed by atoms with Gasteiger partial charge >= 0.3 is 7.25 Å². The maximum Gasteiger partial charge on any atom is 0.673 e. The van der Waals surface area contributed by atoms with Crippen LogP contribution >= 0.6 is 0 Å². The molecule has 2 atom stereocenters. The number of aromatic hydroxyl groups is 1. The first kappa shape index (κ1) is 34.7. The zero-order valence-electron chi connectivity index (χ0n) is 23.6. The Labute approximate surface area is 240 Å². The first-order valence-corrected chi connectivity index (χ1v) is 13.0. The van der Waals surface area contributed by atoms with Crippen LogP contribution < -0.4 is 0 Å². The number of allylic oxidation sites excluding steroid dienone is 4. The summed E-state index contributed by atoms with van der Waals surface area (Å²) in [6, 6.07) is 5.99. The van der Waals surface area contributed by atoms with Gasteiger partial charge in [-0.2, -0.15) is 0 Å². The van der Waals surface area contributed by atoms with E-state index in [4.69, 9.17) is 9.98 Å². The average Bonchev–Trinajstić information content (AvgIpc) is 2.76. The number of aliphatic hydroxyl groups is 1. The van der Waals surface area contributed by atoms with Crippen LogP contribution in [-0.2, 0) is 22.2 Å². The molecule has 4 nitrogen and oxygen atoms in total. The van der Waals surface area contributed by atoms with E-state index in [-0.39, 0.29) is 39.7 Å². The third-order valence-corrected chi connectivity index (χ3v) is 6.53. The maximum atomic E-state index is 10.9. The first-order valence-electron chi connectivity index (χ1n) is 13.0. The predicted molar refractivity (Wildman–Crippen MR) is 150 cm³/mol. The van der Waals surface area contributed by atoms with Crippen molar-refractivity contribution in [3.63, 3.8) is 0 Å². The van der Waals surface area contributed by atoms with E-state index in [0.717, 1.165) is 53.5 Å². The molecule has 1 saturated carbocycles. The second kappa shape index (κ2) is 13.8. The third kappa shape index (κ3) is 11.0. The summed E-state index contributed by atoms with van der Waals surface area (Å²) < 4.78 is 39.0. The number of halogens is 4. The van der Waals surface area contributed by atoms with Crippen LogP contribution in [-0.4, -0.2) is 42.0 Å². The molecule has 0 heterocycles. The van der Waals surface area contributed by atoms with Crippen LogP contribution in [0.15, 0.2) is 63.3 Å². The number of phenolic OH excluding ortho intramolecular Hbond substituents is 1. The summed E-state index contributed by atoms with van der Waals surface area (Å²) in [6.45, 7) is 16.7. The first-order chi connectivity index (χ1) is 17.4.